The van der Waals surface area contributed by atoms with Crippen LogP contribution in [0.5, 0.6) is 0 Å². The minimum Gasteiger partial charge on any atom is -0.352 e. The van der Waals surface area contributed by atoms with Gasteiger partial charge >= 0.3 is 0 Å². The molecule has 2 aliphatic carbocycles. The van der Waals surface area contributed by atoms with Crippen LogP contribution in [0.2, 0.25) is 0 Å². The van der Waals surface area contributed by atoms with Crippen LogP contribution in [0.1, 0.15) is 37.7 Å². The number of benzene rings is 1. The summed E-state index contributed by atoms with van der Waals surface area (Å²) in [5.74, 6) is 1.09. The molecule has 2 aliphatic rings. The minimum atomic E-state index is -3.31. The van der Waals surface area contributed by atoms with Gasteiger partial charge in [-0.3, -0.25) is 9.52 Å². The number of nitrogens with one attached hydrogen (secondary N) is 2. The van der Waals surface area contributed by atoms with Crippen LogP contribution in [0.4, 0.5) is 5.69 Å². The quantitative estimate of drug-likeness (QED) is 0.741. The molecule has 2 atom stereocenters. The van der Waals surface area contributed by atoms with Crippen molar-refractivity contribution in [2.24, 2.45) is 23.5 Å². The van der Waals surface area contributed by atoms with Gasteiger partial charge in [0, 0.05) is 24.2 Å². The Labute approximate surface area is 149 Å². The van der Waals surface area contributed by atoms with E-state index >= 15 is 0 Å². The van der Waals surface area contributed by atoms with Gasteiger partial charge in [0.25, 0.3) is 0 Å². The molecule has 2 bridgehead atoms. The molecule has 138 valence electrons. The van der Waals surface area contributed by atoms with Crippen molar-refractivity contribution in [1.82, 2.24) is 5.32 Å². The molecule has 7 heteroatoms. The van der Waals surface area contributed by atoms with E-state index in [0.717, 1.165) is 37.5 Å². The summed E-state index contributed by atoms with van der Waals surface area (Å²) in [5, 5.41) is 3.01. The number of nitrogens with two attached hydrogens (primary N) is 1. The first-order valence-corrected chi connectivity index (χ1v) is 10.8. The molecule has 0 radical (unpaired) electrons. The first-order valence-electron chi connectivity index (χ1n) is 8.92. The number of carbonyl (C=O) groups excluding carboxylic acids is 1. The Morgan fingerprint density at radius 3 is 2.56 bits per heavy atom. The van der Waals surface area contributed by atoms with Crippen molar-refractivity contribution in [2.75, 3.05) is 11.0 Å². The molecule has 1 aromatic rings. The van der Waals surface area contributed by atoms with E-state index < -0.39 is 10.0 Å². The molecular weight excluding hydrogens is 338 g/mol. The van der Waals surface area contributed by atoms with Gasteiger partial charge in [0.05, 0.1) is 6.26 Å². The van der Waals surface area contributed by atoms with E-state index in [4.69, 9.17) is 5.73 Å². The Kier molecular flexibility index (Phi) is 5.34. The van der Waals surface area contributed by atoms with Crippen LogP contribution >= 0.6 is 0 Å². The van der Waals surface area contributed by atoms with E-state index in [1.165, 1.54) is 6.42 Å². The van der Waals surface area contributed by atoms with Crippen LogP contribution in [0, 0.1) is 17.8 Å². The van der Waals surface area contributed by atoms with E-state index in [-0.39, 0.29) is 17.9 Å². The molecule has 3 rings (SSSR count). The van der Waals surface area contributed by atoms with E-state index in [1.807, 2.05) is 6.07 Å². The monoisotopic (exact) mass is 365 g/mol. The predicted octanol–water partition coefficient (Wildman–Crippen LogP) is 1.83. The Morgan fingerprint density at radius 2 is 1.92 bits per heavy atom. The summed E-state index contributed by atoms with van der Waals surface area (Å²) in [6.07, 6.45) is 6.41. The summed E-state index contributed by atoms with van der Waals surface area (Å²) in [4.78, 5) is 12.6. The van der Waals surface area contributed by atoms with Gasteiger partial charge < -0.3 is 11.1 Å². The third-order valence-corrected chi connectivity index (χ3v) is 6.09. The van der Waals surface area contributed by atoms with Crippen molar-refractivity contribution in [1.29, 1.82) is 0 Å². The van der Waals surface area contributed by atoms with Gasteiger partial charge in [-0.05, 0) is 55.2 Å². The second-order valence-corrected chi connectivity index (χ2v) is 9.24. The molecule has 0 aromatic heterocycles. The lowest BCUT2D eigenvalue weighted by Crippen LogP contribution is -2.49. The fourth-order valence-corrected chi connectivity index (χ4v) is 4.85. The van der Waals surface area contributed by atoms with Gasteiger partial charge in [-0.15, -0.1) is 0 Å². The van der Waals surface area contributed by atoms with Gasteiger partial charge in [-0.25, -0.2) is 8.42 Å². The van der Waals surface area contributed by atoms with Gasteiger partial charge in [0.2, 0.25) is 15.9 Å². The first-order chi connectivity index (χ1) is 11.8. The number of sulfonamides is 1. The summed E-state index contributed by atoms with van der Waals surface area (Å²) in [7, 11) is -3.31. The zero-order chi connectivity index (χ0) is 18.0. The number of hydrogen-bond acceptors (Lipinski definition) is 4. The van der Waals surface area contributed by atoms with E-state index in [2.05, 4.69) is 10.0 Å². The highest BCUT2D eigenvalue weighted by Crippen LogP contribution is 2.41. The maximum Gasteiger partial charge on any atom is 0.229 e. The highest BCUT2D eigenvalue weighted by Gasteiger charge is 2.40. The molecular formula is C18H27N3O3S. The molecule has 0 saturated heterocycles. The minimum absolute atomic E-state index is 0.0485. The number of fused-ring (bicyclic) bond motifs is 2. The average molecular weight is 365 g/mol. The van der Waals surface area contributed by atoms with Crippen molar-refractivity contribution < 1.29 is 13.2 Å². The molecule has 0 spiro atoms. The largest absolute Gasteiger partial charge is 0.352 e. The lowest BCUT2D eigenvalue weighted by Gasteiger charge is -2.43. The number of anilines is 1. The van der Waals surface area contributed by atoms with Crippen molar-refractivity contribution in [3.63, 3.8) is 0 Å². The normalized spacial score (nSPS) is 29.0. The molecule has 2 unspecified atom stereocenters. The maximum absolute atomic E-state index is 12.6. The summed E-state index contributed by atoms with van der Waals surface area (Å²) < 4.78 is 25.1. The Morgan fingerprint density at radius 1 is 1.24 bits per heavy atom. The SMILES string of the molecule is CS(=O)(=O)Nc1cccc(CNC(=O)C2CC3CCCC(C2)C3N)c1. The second kappa shape index (κ2) is 7.33. The van der Waals surface area contributed by atoms with Crippen molar-refractivity contribution in [2.45, 2.75) is 44.7 Å². The molecule has 0 heterocycles. The van der Waals surface area contributed by atoms with Crippen LogP contribution < -0.4 is 15.8 Å². The highest BCUT2D eigenvalue weighted by atomic mass is 32.2. The Hall–Kier alpha value is -1.60. The van der Waals surface area contributed by atoms with E-state index in [9.17, 15) is 13.2 Å². The van der Waals surface area contributed by atoms with Crippen molar-refractivity contribution in [3.05, 3.63) is 29.8 Å². The molecule has 0 aliphatic heterocycles. The summed E-state index contributed by atoms with van der Waals surface area (Å²) in [6.45, 7) is 0.399. The number of hydrogen-bond donors (Lipinski definition) is 3. The summed E-state index contributed by atoms with van der Waals surface area (Å²) in [5.41, 5.74) is 7.67. The fourth-order valence-electron chi connectivity index (χ4n) is 4.30. The topological polar surface area (TPSA) is 101 Å². The third kappa shape index (κ3) is 4.73. The number of carbonyl (C=O) groups is 1. The lowest BCUT2D eigenvalue weighted by atomic mass is 9.65. The Bertz CT molecular complexity index is 721. The summed E-state index contributed by atoms with van der Waals surface area (Å²) >= 11 is 0. The van der Waals surface area contributed by atoms with Crippen LogP contribution in [-0.2, 0) is 21.4 Å². The van der Waals surface area contributed by atoms with Gasteiger partial charge in [-0.1, -0.05) is 18.6 Å². The average Bonchev–Trinajstić information content (AvgIpc) is 2.51. The first kappa shape index (κ1) is 18.2. The highest BCUT2D eigenvalue weighted by molar-refractivity contribution is 7.92. The molecule has 4 N–H and O–H groups in total. The van der Waals surface area contributed by atoms with Gasteiger partial charge in [0.1, 0.15) is 0 Å². The fraction of sp³-hybridized carbons (Fsp3) is 0.611. The van der Waals surface area contributed by atoms with Crippen LogP contribution in [0.15, 0.2) is 24.3 Å². The Balaban J connectivity index is 1.57. The molecule has 6 nitrogen and oxygen atoms in total. The maximum atomic E-state index is 12.6. The van der Waals surface area contributed by atoms with Crippen molar-refractivity contribution in [3.8, 4) is 0 Å². The van der Waals surface area contributed by atoms with Crippen LogP contribution in [-0.4, -0.2) is 26.6 Å². The molecule has 1 aromatic carbocycles. The smallest absolute Gasteiger partial charge is 0.229 e. The number of amides is 1. The zero-order valence-corrected chi connectivity index (χ0v) is 15.4. The third-order valence-electron chi connectivity index (χ3n) is 5.48. The van der Waals surface area contributed by atoms with Gasteiger partial charge in [0.15, 0.2) is 0 Å². The van der Waals surface area contributed by atoms with E-state index in [1.54, 1.807) is 18.2 Å². The molecule has 1 amide bonds. The molecule has 2 saturated carbocycles. The lowest BCUT2D eigenvalue weighted by molar-refractivity contribution is -0.128. The molecule has 2 fully saturated rings. The zero-order valence-electron chi connectivity index (χ0n) is 14.6. The van der Waals surface area contributed by atoms with Gasteiger partial charge in [-0.2, -0.15) is 0 Å². The standard InChI is InChI=1S/C18H27N3O3S/c1-25(23,24)21-16-7-2-4-12(8-16)11-20-18(22)15-9-13-5-3-6-14(10-15)17(13)19/h2,4,7-8,13-15,17,21H,3,5-6,9-11,19H2,1H3,(H,20,22). The van der Waals surface area contributed by atoms with E-state index in [0.29, 0.717) is 24.1 Å². The summed E-state index contributed by atoms with van der Waals surface area (Å²) in [6, 6.07) is 7.35. The molecule has 25 heavy (non-hydrogen) atoms. The second-order valence-electron chi connectivity index (χ2n) is 7.49. The number of rotatable bonds is 5. The van der Waals surface area contributed by atoms with Crippen LogP contribution in [0.25, 0.3) is 0 Å². The predicted molar refractivity (Wildman–Crippen MR) is 98.3 cm³/mol. The van der Waals surface area contributed by atoms with Crippen LogP contribution in [0.3, 0.4) is 0 Å². The van der Waals surface area contributed by atoms with Crippen molar-refractivity contribution >= 4 is 21.6 Å².